The zero-order valence-corrected chi connectivity index (χ0v) is 20.9. The smallest absolute Gasteiger partial charge is 0.347 e. The van der Waals surface area contributed by atoms with Gasteiger partial charge in [-0.25, -0.2) is 0 Å². The molecule has 0 aliphatic heterocycles. The lowest BCUT2D eigenvalue weighted by Crippen LogP contribution is -2.43. The van der Waals surface area contributed by atoms with E-state index in [2.05, 4.69) is 10.6 Å². The van der Waals surface area contributed by atoms with Gasteiger partial charge >= 0.3 is 12.4 Å². The second kappa shape index (κ2) is 10.1. The highest BCUT2D eigenvalue weighted by atomic mass is 127. The van der Waals surface area contributed by atoms with Gasteiger partial charge in [-0.1, -0.05) is 25.1 Å². The number of rotatable bonds is 6. The van der Waals surface area contributed by atoms with Crippen molar-refractivity contribution in [2.45, 2.75) is 57.9 Å². The van der Waals surface area contributed by atoms with E-state index in [-0.39, 0.29) is 22.4 Å². The number of alkyl halides is 6. The molecule has 11 heteroatoms. The predicted octanol–water partition coefficient (Wildman–Crippen LogP) is 6.98. The number of hydrogen-bond donors (Lipinski definition) is 2. The third-order valence-electron chi connectivity index (χ3n) is 5.31. The summed E-state index contributed by atoms with van der Waals surface area (Å²) in [5.74, 6) is -4.85. The Hall–Kier alpha value is -2.31. The minimum atomic E-state index is -5.52. The summed E-state index contributed by atoms with van der Waals surface area (Å²) < 4.78 is 78.7. The van der Waals surface area contributed by atoms with Crippen LogP contribution in [0.1, 0.15) is 65.0 Å². The maximum absolute atomic E-state index is 13.0. The summed E-state index contributed by atoms with van der Waals surface area (Å²) in [6.45, 7) is 6.81. The van der Waals surface area contributed by atoms with Crippen LogP contribution in [0.2, 0.25) is 0 Å². The Morgan fingerprint density at radius 3 is 2.06 bits per heavy atom. The number of aryl methyl sites for hydroxylation is 1. The van der Waals surface area contributed by atoms with Crippen molar-refractivity contribution in [3.8, 4) is 0 Å². The largest absolute Gasteiger partial charge is 0.404 e. The van der Waals surface area contributed by atoms with Gasteiger partial charge in [-0.3, -0.25) is 9.59 Å². The van der Waals surface area contributed by atoms with Crippen molar-refractivity contribution in [2.75, 3.05) is 5.32 Å². The normalized spacial score (nSPS) is 12.6. The molecule has 34 heavy (non-hydrogen) atoms. The van der Waals surface area contributed by atoms with Crippen molar-refractivity contribution in [3.63, 3.8) is 0 Å². The van der Waals surface area contributed by atoms with Crippen LogP contribution in [0.3, 0.4) is 0 Å². The Balaban J connectivity index is 2.39. The summed E-state index contributed by atoms with van der Waals surface area (Å²) in [5.41, 5.74) is -1.35. The highest BCUT2D eigenvalue weighted by Crippen LogP contribution is 2.46. The van der Waals surface area contributed by atoms with Crippen molar-refractivity contribution < 1.29 is 35.9 Å². The summed E-state index contributed by atoms with van der Waals surface area (Å²) in [7, 11) is 0. The van der Waals surface area contributed by atoms with E-state index in [1.807, 2.05) is 43.4 Å². The van der Waals surface area contributed by atoms with Crippen molar-refractivity contribution >= 4 is 40.1 Å². The molecule has 0 atom stereocenters. The molecular weight excluding hydrogens is 577 g/mol. The van der Waals surface area contributed by atoms with Crippen LogP contribution in [0.15, 0.2) is 36.4 Å². The molecule has 4 nitrogen and oxygen atoms in total. The number of anilines is 1. The minimum Gasteiger partial charge on any atom is -0.347 e. The first kappa shape index (κ1) is 27.9. The lowest BCUT2D eigenvalue weighted by molar-refractivity contribution is -0.253. The average molecular weight is 600 g/mol. The molecule has 2 N–H and O–H groups in total. The zero-order valence-electron chi connectivity index (χ0n) is 18.7. The van der Waals surface area contributed by atoms with Gasteiger partial charge in [-0.2, -0.15) is 26.3 Å². The highest BCUT2D eigenvalue weighted by Gasteiger charge is 2.57. The summed E-state index contributed by atoms with van der Waals surface area (Å²) in [5, 5.41) is 5.33. The number of halogens is 7. The molecule has 2 rings (SSSR count). The Labute approximate surface area is 206 Å². The molecule has 186 valence electrons. The molecule has 0 bridgehead atoms. The van der Waals surface area contributed by atoms with E-state index in [4.69, 9.17) is 0 Å². The number of hydrogen-bond acceptors (Lipinski definition) is 2. The van der Waals surface area contributed by atoms with Crippen LogP contribution in [0, 0.1) is 10.5 Å². The molecule has 0 unspecified atom stereocenters. The number of carbonyl (C=O) groups excluding carboxylic acids is 2. The van der Waals surface area contributed by atoms with Gasteiger partial charge in [0, 0.05) is 14.8 Å². The Kier molecular flexibility index (Phi) is 8.32. The molecule has 0 saturated carbocycles. The fourth-order valence-corrected chi connectivity index (χ4v) is 3.91. The van der Waals surface area contributed by atoms with E-state index >= 15 is 0 Å². The van der Waals surface area contributed by atoms with Crippen molar-refractivity contribution in [3.05, 3.63) is 62.2 Å². The molecule has 0 spiro atoms. The van der Waals surface area contributed by atoms with E-state index < -0.39 is 41.2 Å². The number of benzene rings is 2. The number of carbonyl (C=O) groups is 2. The van der Waals surface area contributed by atoms with E-state index in [1.54, 1.807) is 12.1 Å². The van der Waals surface area contributed by atoms with Gasteiger partial charge in [0.05, 0.1) is 11.1 Å². The third-order valence-corrected chi connectivity index (χ3v) is 6.21. The number of amides is 2. The first-order valence-electron chi connectivity index (χ1n) is 10.1. The van der Waals surface area contributed by atoms with E-state index in [1.165, 1.54) is 13.0 Å². The first-order valence-corrected chi connectivity index (χ1v) is 11.2. The van der Waals surface area contributed by atoms with E-state index in [0.29, 0.717) is 16.1 Å². The van der Waals surface area contributed by atoms with Crippen LogP contribution in [0.25, 0.3) is 0 Å². The highest BCUT2D eigenvalue weighted by molar-refractivity contribution is 14.1. The van der Waals surface area contributed by atoms with Crippen LogP contribution in [-0.4, -0.2) is 29.7 Å². The number of nitrogens with one attached hydrogen (secondary N) is 2. The lowest BCUT2D eigenvalue weighted by atomic mass is 9.95. The second-order valence-electron chi connectivity index (χ2n) is 8.40. The molecule has 0 fully saturated rings. The Morgan fingerprint density at radius 1 is 0.971 bits per heavy atom. The first-order chi connectivity index (χ1) is 15.5. The summed E-state index contributed by atoms with van der Waals surface area (Å²) in [4.78, 5) is 25.8. The average Bonchev–Trinajstić information content (AvgIpc) is 2.67. The van der Waals surface area contributed by atoms with Gasteiger partial charge in [0.25, 0.3) is 11.8 Å². The minimum absolute atomic E-state index is 0.00750. The molecule has 0 heterocycles. The maximum atomic E-state index is 13.0. The van der Waals surface area contributed by atoms with Gasteiger partial charge in [0.2, 0.25) is 0 Å². The van der Waals surface area contributed by atoms with Crippen molar-refractivity contribution in [1.29, 1.82) is 0 Å². The molecule has 0 radical (unpaired) electrons. The maximum Gasteiger partial charge on any atom is 0.404 e. The van der Waals surface area contributed by atoms with Gasteiger partial charge in [0.15, 0.2) is 5.92 Å². The Morgan fingerprint density at radius 2 is 1.56 bits per heavy atom. The van der Waals surface area contributed by atoms with Crippen LogP contribution >= 0.6 is 22.6 Å². The molecule has 2 amide bonds. The molecule has 0 saturated heterocycles. The lowest BCUT2D eigenvalue weighted by Gasteiger charge is -2.25. The van der Waals surface area contributed by atoms with Gasteiger partial charge in [-0.05, 0) is 79.1 Å². The van der Waals surface area contributed by atoms with Gasteiger partial charge in [0.1, 0.15) is 0 Å². The third kappa shape index (κ3) is 6.63. The molecule has 0 aliphatic rings. The van der Waals surface area contributed by atoms with Crippen molar-refractivity contribution in [2.24, 2.45) is 0 Å². The molecule has 2 aromatic rings. The van der Waals surface area contributed by atoms with Crippen LogP contribution in [-0.2, 0) is 0 Å². The van der Waals surface area contributed by atoms with Gasteiger partial charge < -0.3 is 10.6 Å². The van der Waals surface area contributed by atoms with Crippen LogP contribution in [0.5, 0.6) is 0 Å². The van der Waals surface area contributed by atoms with Crippen LogP contribution in [0.4, 0.5) is 32.0 Å². The topological polar surface area (TPSA) is 58.2 Å². The fourth-order valence-electron chi connectivity index (χ4n) is 3.16. The zero-order chi connectivity index (χ0) is 26.1. The summed E-state index contributed by atoms with van der Waals surface area (Å²) >= 11 is 1.91. The molecule has 0 aromatic heterocycles. The second-order valence-corrected chi connectivity index (χ2v) is 9.56. The summed E-state index contributed by atoms with van der Waals surface area (Å²) in [6, 6.07) is 7.03. The van der Waals surface area contributed by atoms with Crippen LogP contribution < -0.4 is 10.6 Å². The predicted molar refractivity (Wildman–Crippen MR) is 125 cm³/mol. The Bertz CT molecular complexity index is 1070. The monoisotopic (exact) mass is 600 g/mol. The van der Waals surface area contributed by atoms with E-state index in [9.17, 15) is 35.9 Å². The summed E-state index contributed by atoms with van der Waals surface area (Å²) in [6.07, 6.45) is -10.4. The standard InChI is InChI=1S/C23H23F6IN2O2/c1-5-21(3,4)32-20(34)17-14(7-6-8-15(17)30)19(33)31-16-10-9-13(11-12(16)2)18(22(24,25)26)23(27,28)29/h6-11,18H,5H2,1-4H3,(H,31,33)(H,32,34). The molecule has 2 aromatic carbocycles. The SMILES string of the molecule is CCC(C)(C)NC(=O)c1c(I)cccc1C(=O)Nc1ccc(C(C(F)(F)F)C(F)(F)F)cc1C. The van der Waals surface area contributed by atoms with Gasteiger partial charge in [-0.15, -0.1) is 0 Å². The quantitative estimate of drug-likeness (QED) is 0.278. The molecular formula is C23H23F6IN2O2. The fraction of sp³-hybridized carbons (Fsp3) is 0.391. The van der Waals surface area contributed by atoms with E-state index in [0.717, 1.165) is 12.1 Å². The molecule has 0 aliphatic carbocycles. The van der Waals surface area contributed by atoms with Crippen molar-refractivity contribution in [1.82, 2.24) is 5.32 Å².